The summed E-state index contributed by atoms with van der Waals surface area (Å²) in [5.41, 5.74) is 0. The van der Waals surface area contributed by atoms with Crippen LogP contribution in [-0.4, -0.2) is 22.0 Å². The highest BCUT2D eigenvalue weighted by molar-refractivity contribution is 7.46. The average Bonchev–Trinajstić information content (AvgIpc) is 2.10. The van der Waals surface area contributed by atoms with Gasteiger partial charge in [-0.05, 0) is 0 Å². The van der Waals surface area contributed by atoms with Gasteiger partial charge in [0.2, 0.25) is 6.29 Å². The van der Waals surface area contributed by atoms with Crippen molar-refractivity contribution in [2.24, 2.45) is 0 Å². The molecule has 1 atom stereocenters. The molecule has 0 aliphatic carbocycles. The van der Waals surface area contributed by atoms with Gasteiger partial charge in [0, 0.05) is 12.5 Å². The Balaban J connectivity index is 3.98. The molecule has 0 saturated carbocycles. The summed E-state index contributed by atoms with van der Waals surface area (Å²) in [7, 11) is -4.72. The van der Waals surface area contributed by atoms with Gasteiger partial charge in [-0.1, -0.05) is 13.5 Å². The van der Waals surface area contributed by atoms with Gasteiger partial charge in [-0.15, -0.1) is 4.67 Å². The Morgan fingerprint density at radius 1 is 1.64 bits per heavy atom. The second-order valence-corrected chi connectivity index (χ2v) is 3.27. The molecule has 0 rings (SSSR count). The van der Waals surface area contributed by atoms with Crippen molar-refractivity contribution in [2.75, 3.05) is 0 Å². The Hall–Kier alpha value is -0.720. The Morgan fingerprint density at radius 2 is 2.21 bits per heavy atom. The topological polar surface area (TPSA) is 102 Å². The number of carbonyl (C=O) groups excluding carboxylic acids is 1. The summed E-state index contributed by atoms with van der Waals surface area (Å²) < 4.78 is 18.4. The third kappa shape index (κ3) is 6.76. The highest BCUT2D eigenvalue weighted by Crippen LogP contribution is 2.36. The number of carbonyl (C=O) groups is 1. The summed E-state index contributed by atoms with van der Waals surface area (Å²) >= 11 is 0. The smallest absolute Gasteiger partial charge is 0.430 e. The van der Waals surface area contributed by atoms with Crippen molar-refractivity contribution in [3.05, 3.63) is 12.7 Å². The van der Waals surface area contributed by atoms with E-state index in [0.717, 1.165) is 6.08 Å². The quantitative estimate of drug-likeness (QED) is 0.170. The van der Waals surface area contributed by atoms with Crippen molar-refractivity contribution < 1.29 is 33.4 Å². The number of phosphoric acid groups is 1. The SMILES string of the molecule is C=CC(=O)OC(CC)OOP(=O)(O)O. The first kappa shape index (κ1) is 13.3. The van der Waals surface area contributed by atoms with E-state index in [0.29, 0.717) is 0 Å². The van der Waals surface area contributed by atoms with E-state index in [4.69, 9.17) is 9.79 Å². The van der Waals surface area contributed by atoms with Gasteiger partial charge in [0.25, 0.3) is 0 Å². The highest BCUT2D eigenvalue weighted by Gasteiger charge is 2.20. The summed E-state index contributed by atoms with van der Waals surface area (Å²) in [6, 6.07) is 0. The van der Waals surface area contributed by atoms with Crippen LogP contribution in [0, 0.1) is 0 Å². The summed E-state index contributed by atoms with van der Waals surface area (Å²) in [5, 5.41) is 0. The van der Waals surface area contributed by atoms with Gasteiger partial charge in [-0.25, -0.2) is 9.36 Å². The molecule has 82 valence electrons. The molecule has 1 unspecified atom stereocenters. The van der Waals surface area contributed by atoms with Crippen LogP contribution in [0.2, 0.25) is 0 Å². The molecule has 7 nitrogen and oxygen atoms in total. The molecule has 0 spiro atoms. The first-order valence-corrected chi connectivity index (χ1v) is 5.15. The van der Waals surface area contributed by atoms with Crippen molar-refractivity contribution in [1.82, 2.24) is 0 Å². The van der Waals surface area contributed by atoms with Crippen LogP contribution in [0.3, 0.4) is 0 Å². The van der Waals surface area contributed by atoms with Crippen LogP contribution < -0.4 is 0 Å². The summed E-state index contributed by atoms with van der Waals surface area (Å²) in [4.78, 5) is 31.3. The van der Waals surface area contributed by atoms with Crippen molar-refractivity contribution in [2.45, 2.75) is 19.6 Å². The normalized spacial score (nSPS) is 13.4. The van der Waals surface area contributed by atoms with Gasteiger partial charge in [0.05, 0.1) is 0 Å². The minimum absolute atomic E-state index is 0.180. The van der Waals surface area contributed by atoms with Gasteiger partial charge in [-0.2, -0.15) is 4.89 Å². The van der Waals surface area contributed by atoms with Gasteiger partial charge in [0.15, 0.2) is 0 Å². The first-order chi connectivity index (χ1) is 6.39. The largest absolute Gasteiger partial charge is 0.497 e. The van der Waals surface area contributed by atoms with E-state index in [9.17, 15) is 9.36 Å². The Kier molecular flexibility index (Phi) is 5.59. The van der Waals surface area contributed by atoms with Crippen molar-refractivity contribution >= 4 is 13.8 Å². The third-order valence-electron chi connectivity index (χ3n) is 0.995. The van der Waals surface area contributed by atoms with E-state index >= 15 is 0 Å². The van der Waals surface area contributed by atoms with Crippen molar-refractivity contribution in [3.63, 3.8) is 0 Å². The second kappa shape index (κ2) is 5.90. The van der Waals surface area contributed by atoms with Crippen molar-refractivity contribution in [1.29, 1.82) is 0 Å². The molecule has 0 radical (unpaired) electrons. The molecule has 8 heteroatoms. The van der Waals surface area contributed by atoms with Crippen LogP contribution in [0.5, 0.6) is 0 Å². The maximum absolute atomic E-state index is 10.6. The fraction of sp³-hybridized carbons (Fsp3) is 0.500. The van der Waals surface area contributed by atoms with Gasteiger partial charge in [-0.3, -0.25) is 0 Å². The van der Waals surface area contributed by atoms with E-state index in [1.165, 1.54) is 0 Å². The molecule has 0 bridgehead atoms. The monoisotopic (exact) mass is 226 g/mol. The van der Waals surface area contributed by atoms with Crippen LogP contribution in [0.25, 0.3) is 0 Å². The molecule has 0 heterocycles. The van der Waals surface area contributed by atoms with E-state index in [1.807, 2.05) is 0 Å². The zero-order chi connectivity index (χ0) is 11.2. The third-order valence-corrected chi connectivity index (χ3v) is 1.28. The lowest BCUT2D eigenvalue weighted by atomic mass is 10.5. The van der Waals surface area contributed by atoms with Crippen LogP contribution in [0.1, 0.15) is 13.3 Å². The molecule has 0 aliphatic rings. The van der Waals surface area contributed by atoms with Crippen LogP contribution in [0.15, 0.2) is 12.7 Å². The zero-order valence-electron chi connectivity index (χ0n) is 7.45. The molecule has 0 aromatic carbocycles. The average molecular weight is 226 g/mol. The predicted molar refractivity (Wildman–Crippen MR) is 44.6 cm³/mol. The first-order valence-electron chi connectivity index (χ1n) is 3.62. The molecule has 0 saturated heterocycles. The number of esters is 1. The number of hydrogen-bond donors (Lipinski definition) is 2. The minimum atomic E-state index is -4.72. The maximum Gasteiger partial charge on any atom is 0.497 e. The standard InChI is InChI=1S/C6H11O7P/c1-3-5(7)11-6(4-2)12-13-14(8,9)10/h3,6H,1,4H2,2H3,(H2,8,9,10). The van der Waals surface area contributed by atoms with Gasteiger partial charge in [0.1, 0.15) is 0 Å². The number of rotatable bonds is 6. The van der Waals surface area contributed by atoms with Crippen LogP contribution in [0.4, 0.5) is 0 Å². The molecule has 14 heavy (non-hydrogen) atoms. The molecule has 0 aliphatic heterocycles. The Labute approximate surface area is 80.4 Å². The number of hydrogen-bond acceptors (Lipinski definition) is 5. The second-order valence-electron chi connectivity index (χ2n) is 2.14. The maximum atomic E-state index is 10.6. The zero-order valence-corrected chi connectivity index (χ0v) is 8.35. The molecule has 0 amide bonds. The molecular formula is C6H11O7P. The van der Waals surface area contributed by atoms with Crippen LogP contribution >= 0.6 is 7.82 Å². The summed E-state index contributed by atoms with van der Waals surface area (Å²) in [6.07, 6.45) is -0.101. The van der Waals surface area contributed by atoms with E-state index in [2.05, 4.69) is 20.9 Å². The van der Waals surface area contributed by atoms with E-state index in [-0.39, 0.29) is 6.42 Å². The lowest BCUT2D eigenvalue weighted by Gasteiger charge is -2.14. The Bertz CT molecular complexity index is 245. The fourth-order valence-corrected chi connectivity index (χ4v) is 0.661. The van der Waals surface area contributed by atoms with Crippen molar-refractivity contribution in [3.8, 4) is 0 Å². The van der Waals surface area contributed by atoms with Gasteiger partial charge >= 0.3 is 13.8 Å². The summed E-state index contributed by atoms with van der Waals surface area (Å²) in [5.74, 6) is -0.772. The highest BCUT2D eigenvalue weighted by atomic mass is 31.2. The Morgan fingerprint density at radius 3 is 2.57 bits per heavy atom. The molecule has 2 N–H and O–H groups in total. The summed E-state index contributed by atoms with van der Waals surface area (Å²) in [6.45, 7) is 4.71. The molecule has 0 fully saturated rings. The predicted octanol–water partition coefficient (Wildman–Crippen LogP) is 0.493. The van der Waals surface area contributed by atoms with E-state index in [1.54, 1.807) is 6.92 Å². The van der Waals surface area contributed by atoms with Gasteiger partial charge < -0.3 is 14.5 Å². The fourth-order valence-electron chi connectivity index (χ4n) is 0.453. The number of ether oxygens (including phenoxy) is 1. The van der Waals surface area contributed by atoms with Crippen LogP contribution in [-0.2, 0) is 23.7 Å². The molecule has 0 aromatic heterocycles. The molecular weight excluding hydrogens is 215 g/mol. The lowest BCUT2D eigenvalue weighted by molar-refractivity contribution is -0.318. The minimum Gasteiger partial charge on any atom is -0.430 e. The molecule has 0 aromatic rings. The lowest BCUT2D eigenvalue weighted by Crippen LogP contribution is -2.19. The van der Waals surface area contributed by atoms with E-state index < -0.39 is 20.1 Å².